The summed E-state index contributed by atoms with van der Waals surface area (Å²) in [6.45, 7) is 14.7. The summed E-state index contributed by atoms with van der Waals surface area (Å²) in [5.74, 6) is 3.76. The van der Waals surface area contributed by atoms with Gasteiger partial charge in [0.05, 0.1) is 11.5 Å². The summed E-state index contributed by atoms with van der Waals surface area (Å²) in [6, 6.07) is 0. The van der Waals surface area contributed by atoms with E-state index in [0.29, 0.717) is 17.9 Å². The van der Waals surface area contributed by atoms with E-state index in [1.807, 2.05) is 6.92 Å². The van der Waals surface area contributed by atoms with Gasteiger partial charge in [0.2, 0.25) is 0 Å². The maximum absolute atomic E-state index is 13.1. The first-order valence-corrected chi connectivity index (χ1v) is 10.9. The summed E-state index contributed by atoms with van der Waals surface area (Å²) >= 11 is 0. The minimum absolute atomic E-state index is 0.104. The first-order valence-electron chi connectivity index (χ1n) is 10.9. The molecule has 0 spiro atoms. The quantitative estimate of drug-likeness (QED) is 0.440. The summed E-state index contributed by atoms with van der Waals surface area (Å²) in [6.07, 6.45) is 7.43. The molecule has 3 aliphatic rings. The van der Waals surface area contributed by atoms with E-state index in [4.69, 9.17) is 9.47 Å². The van der Waals surface area contributed by atoms with Crippen molar-refractivity contribution in [2.75, 3.05) is 0 Å². The molecule has 0 radical (unpaired) electrons. The predicted octanol–water partition coefficient (Wildman–Crippen LogP) is 5.82. The monoisotopic (exact) mass is 364 g/mol. The van der Waals surface area contributed by atoms with E-state index < -0.39 is 11.7 Å². The third-order valence-electron chi connectivity index (χ3n) is 7.93. The fourth-order valence-corrected chi connectivity index (χ4v) is 6.23. The van der Waals surface area contributed by atoms with Crippen LogP contribution < -0.4 is 0 Å². The Morgan fingerprint density at radius 3 is 2.27 bits per heavy atom. The van der Waals surface area contributed by atoms with Crippen molar-refractivity contribution >= 4 is 5.97 Å². The molecule has 0 aromatic carbocycles. The van der Waals surface area contributed by atoms with Crippen molar-refractivity contribution in [3.8, 4) is 0 Å². The fourth-order valence-electron chi connectivity index (χ4n) is 6.23. The summed E-state index contributed by atoms with van der Waals surface area (Å²) < 4.78 is 12.2. The Kier molecular flexibility index (Phi) is 5.52. The van der Waals surface area contributed by atoms with Crippen molar-refractivity contribution in [3.05, 3.63) is 0 Å². The van der Waals surface area contributed by atoms with Crippen LogP contribution >= 0.6 is 0 Å². The number of carbonyl (C=O) groups excluding carboxylic acids is 1. The van der Waals surface area contributed by atoms with Crippen molar-refractivity contribution < 1.29 is 14.3 Å². The minimum Gasteiger partial charge on any atom is -0.436 e. The number of rotatable bonds is 6. The van der Waals surface area contributed by atoms with Gasteiger partial charge in [0.25, 0.3) is 0 Å². The molecule has 7 unspecified atom stereocenters. The van der Waals surface area contributed by atoms with Crippen LogP contribution in [-0.4, -0.2) is 18.4 Å². The van der Waals surface area contributed by atoms with Crippen LogP contribution in [0.1, 0.15) is 87.0 Å². The highest BCUT2D eigenvalue weighted by Crippen LogP contribution is 2.59. The molecule has 0 aromatic heterocycles. The van der Waals surface area contributed by atoms with Gasteiger partial charge in [-0.2, -0.15) is 0 Å². The van der Waals surface area contributed by atoms with Gasteiger partial charge in [-0.25, -0.2) is 0 Å². The van der Waals surface area contributed by atoms with Gasteiger partial charge in [0, 0.05) is 0 Å². The zero-order chi connectivity index (χ0) is 19.3. The lowest BCUT2D eigenvalue weighted by molar-refractivity contribution is -0.207. The Bertz CT molecular complexity index is 520. The summed E-state index contributed by atoms with van der Waals surface area (Å²) in [4.78, 5) is 13.1. The molecule has 0 aromatic rings. The largest absolute Gasteiger partial charge is 0.436 e. The Balaban J connectivity index is 1.59. The fraction of sp³-hybridized carbons (Fsp3) is 0.957. The number of esters is 1. The molecule has 0 aliphatic heterocycles. The van der Waals surface area contributed by atoms with E-state index in [9.17, 15) is 4.79 Å². The molecule has 0 amide bonds. The molecule has 3 aliphatic carbocycles. The second-order valence-corrected chi connectivity index (χ2v) is 11.0. The van der Waals surface area contributed by atoms with Gasteiger partial charge in [-0.1, -0.05) is 41.0 Å². The van der Waals surface area contributed by atoms with E-state index in [2.05, 4.69) is 41.5 Å². The average molecular weight is 365 g/mol. The normalized spacial score (nSPS) is 36.8. The third-order valence-corrected chi connectivity index (χ3v) is 7.93. The van der Waals surface area contributed by atoms with Gasteiger partial charge in [0.1, 0.15) is 0 Å². The first-order chi connectivity index (χ1) is 12.0. The Morgan fingerprint density at radius 1 is 1.00 bits per heavy atom. The lowest BCUT2D eigenvalue weighted by Crippen LogP contribution is -2.44. The zero-order valence-electron chi connectivity index (χ0n) is 18.0. The topological polar surface area (TPSA) is 35.5 Å². The molecule has 7 atom stereocenters. The van der Waals surface area contributed by atoms with Crippen LogP contribution in [-0.2, 0) is 14.3 Å². The SMILES string of the molecule is CC(C)CC(C)(C(=O)OC(C)OC1CC2CC1C1CCCC21)C(C)(C)C. The maximum atomic E-state index is 13.1. The summed E-state index contributed by atoms with van der Waals surface area (Å²) in [5.41, 5.74) is -0.637. The van der Waals surface area contributed by atoms with E-state index in [1.54, 1.807) is 0 Å². The van der Waals surface area contributed by atoms with E-state index >= 15 is 0 Å². The van der Waals surface area contributed by atoms with E-state index in [-0.39, 0.29) is 11.4 Å². The van der Waals surface area contributed by atoms with Crippen molar-refractivity contribution in [3.63, 3.8) is 0 Å². The van der Waals surface area contributed by atoms with E-state index in [0.717, 1.165) is 24.2 Å². The molecule has 3 rings (SSSR count). The van der Waals surface area contributed by atoms with Crippen LogP contribution in [0.3, 0.4) is 0 Å². The Labute approximate surface area is 160 Å². The molecule has 0 heterocycles. The smallest absolute Gasteiger partial charge is 0.314 e. The number of ether oxygens (including phenoxy) is 2. The van der Waals surface area contributed by atoms with Gasteiger partial charge in [0.15, 0.2) is 6.29 Å². The number of fused-ring (bicyclic) bond motifs is 5. The van der Waals surface area contributed by atoms with Crippen molar-refractivity contribution in [1.82, 2.24) is 0 Å². The van der Waals surface area contributed by atoms with Crippen LogP contribution in [0.4, 0.5) is 0 Å². The van der Waals surface area contributed by atoms with Crippen LogP contribution in [0.2, 0.25) is 0 Å². The molecule has 3 heteroatoms. The second kappa shape index (κ2) is 7.11. The second-order valence-electron chi connectivity index (χ2n) is 11.0. The number of carbonyl (C=O) groups is 1. The highest BCUT2D eigenvalue weighted by atomic mass is 16.7. The molecular weight excluding hydrogens is 324 g/mol. The van der Waals surface area contributed by atoms with Crippen LogP contribution in [0.5, 0.6) is 0 Å². The summed E-state index contributed by atoms with van der Waals surface area (Å²) in [5, 5.41) is 0. The molecule has 3 nitrogen and oxygen atoms in total. The molecule has 0 saturated heterocycles. The molecule has 3 fully saturated rings. The Morgan fingerprint density at radius 2 is 1.65 bits per heavy atom. The maximum Gasteiger partial charge on any atom is 0.314 e. The van der Waals surface area contributed by atoms with E-state index in [1.165, 1.54) is 32.1 Å². The summed E-state index contributed by atoms with van der Waals surface area (Å²) in [7, 11) is 0. The van der Waals surface area contributed by atoms with Crippen molar-refractivity contribution in [2.24, 2.45) is 40.4 Å². The first kappa shape index (κ1) is 20.2. The molecular formula is C23H40O3. The van der Waals surface area contributed by atoms with Crippen LogP contribution in [0.15, 0.2) is 0 Å². The van der Waals surface area contributed by atoms with Gasteiger partial charge in [-0.05, 0) is 81.0 Å². The standard InChI is InChI=1S/C23H40O3/c1-14(2)13-23(7,22(4,5)6)21(24)26-15(3)25-20-12-16-11-19(20)18-10-8-9-17(16)18/h14-20H,8-13H2,1-7H3. The minimum atomic E-state index is -0.496. The highest BCUT2D eigenvalue weighted by molar-refractivity contribution is 5.77. The molecule has 26 heavy (non-hydrogen) atoms. The van der Waals surface area contributed by atoms with Gasteiger partial charge >= 0.3 is 5.97 Å². The predicted molar refractivity (Wildman–Crippen MR) is 104 cm³/mol. The number of hydrogen-bond acceptors (Lipinski definition) is 3. The van der Waals surface area contributed by atoms with Crippen LogP contribution in [0.25, 0.3) is 0 Å². The van der Waals surface area contributed by atoms with Crippen molar-refractivity contribution in [2.45, 2.75) is 99.4 Å². The van der Waals surface area contributed by atoms with Gasteiger partial charge in [-0.3, -0.25) is 4.79 Å². The number of hydrogen-bond donors (Lipinski definition) is 0. The Hall–Kier alpha value is -0.570. The van der Waals surface area contributed by atoms with Crippen molar-refractivity contribution in [1.29, 1.82) is 0 Å². The molecule has 2 bridgehead atoms. The molecule has 150 valence electrons. The lowest BCUT2D eigenvalue weighted by atomic mass is 9.64. The third kappa shape index (κ3) is 3.57. The molecule has 0 N–H and O–H groups in total. The van der Waals surface area contributed by atoms with Gasteiger partial charge < -0.3 is 9.47 Å². The average Bonchev–Trinajstić information content (AvgIpc) is 3.16. The molecule has 3 saturated carbocycles. The zero-order valence-corrected chi connectivity index (χ0v) is 18.0. The highest BCUT2D eigenvalue weighted by Gasteiger charge is 2.55. The van der Waals surface area contributed by atoms with Crippen LogP contribution in [0, 0.1) is 40.4 Å². The lowest BCUT2D eigenvalue weighted by Gasteiger charge is -2.41. The van der Waals surface area contributed by atoms with Gasteiger partial charge in [-0.15, -0.1) is 0 Å².